The summed E-state index contributed by atoms with van der Waals surface area (Å²) in [5.74, 6) is 0. The maximum absolute atomic E-state index is 6.12. The first kappa shape index (κ1) is 23.0. The molecule has 2 aromatic rings. The quantitative estimate of drug-likeness (QED) is 0.332. The number of ether oxygens (including phenoxy) is 2. The molecule has 2 heteroatoms. The third-order valence-electron chi connectivity index (χ3n) is 6.23. The van der Waals surface area contributed by atoms with E-state index in [1.807, 2.05) is 0 Å². The fraction of sp³-hybridized carbons (Fsp3) is 0.571. The van der Waals surface area contributed by atoms with Crippen molar-refractivity contribution in [3.63, 3.8) is 0 Å². The normalized spacial score (nSPS) is 19.1. The number of aryl methyl sites for hydroxylation is 1. The predicted octanol–water partition coefficient (Wildman–Crippen LogP) is 7.90. The lowest BCUT2D eigenvalue weighted by molar-refractivity contribution is -0.137. The van der Waals surface area contributed by atoms with Crippen LogP contribution in [0.5, 0.6) is 0 Å². The summed E-state index contributed by atoms with van der Waals surface area (Å²) in [4.78, 5) is 0. The molecule has 0 aromatic heterocycles. The molecule has 30 heavy (non-hydrogen) atoms. The van der Waals surface area contributed by atoms with Crippen molar-refractivity contribution in [3.05, 3.63) is 59.7 Å². The molecule has 0 N–H and O–H groups in total. The maximum Gasteiger partial charge on any atom is 0.106 e. The third-order valence-corrected chi connectivity index (χ3v) is 6.23. The molecule has 3 rings (SSSR count). The van der Waals surface area contributed by atoms with E-state index in [0.717, 1.165) is 13.0 Å². The van der Waals surface area contributed by atoms with Crippen molar-refractivity contribution < 1.29 is 9.47 Å². The van der Waals surface area contributed by atoms with E-state index >= 15 is 0 Å². The van der Waals surface area contributed by atoms with Crippen LogP contribution in [-0.2, 0) is 15.9 Å². The summed E-state index contributed by atoms with van der Waals surface area (Å²) >= 11 is 0. The standard InChI is InChI=1S/C28H40O2/c1-3-5-7-9-11-23-13-15-24(16-14-23)25-17-19-26(20-18-25)28-22-29-27(21-30-28)12-10-8-6-4-2/h13-20,27-28H,3-12,21-22H2,1-2H3/t27-,28-/m1/s1. The van der Waals surface area contributed by atoms with Crippen molar-refractivity contribution in [3.8, 4) is 11.1 Å². The van der Waals surface area contributed by atoms with Crippen molar-refractivity contribution in [2.75, 3.05) is 13.2 Å². The van der Waals surface area contributed by atoms with E-state index in [1.54, 1.807) is 0 Å². The highest BCUT2D eigenvalue weighted by atomic mass is 16.6. The Labute approximate surface area is 184 Å². The summed E-state index contributed by atoms with van der Waals surface area (Å²) in [7, 11) is 0. The topological polar surface area (TPSA) is 18.5 Å². The van der Waals surface area contributed by atoms with Crippen molar-refractivity contribution in [2.24, 2.45) is 0 Å². The van der Waals surface area contributed by atoms with E-state index < -0.39 is 0 Å². The Hall–Kier alpha value is -1.64. The molecule has 164 valence electrons. The van der Waals surface area contributed by atoms with Crippen molar-refractivity contribution in [1.29, 1.82) is 0 Å². The molecular formula is C28H40O2. The minimum absolute atomic E-state index is 0.0661. The maximum atomic E-state index is 6.12. The summed E-state index contributed by atoms with van der Waals surface area (Å²) in [5.41, 5.74) is 5.22. The average Bonchev–Trinajstić information content (AvgIpc) is 2.81. The van der Waals surface area contributed by atoms with Gasteiger partial charge in [0.05, 0.1) is 19.3 Å². The lowest BCUT2D eigenvalue weighted by Crippen LogP contribution is -2.31. The van der Waals surface area contributed by atoms with Gasteiger partial charge in [-0.05, 0) is 41.5 Å². The second kappa shape index (κ2) is 12.9. The van der Waals surface area contributed by atoms with E-state index in [9.17, 15) is 0 Å². The Morgan fingerprint density at radius 3 is 1.90 bits per heavy atom. The lowest BCUT2D eigenvalue weighted by Gasteiger charge is -2.30. The third kappa shape index (κ3) is 7.25. The molecule has 1 aliphatic heterocycles. The van der Waals surface area contributed by atoms with Gasteiger partial charge in [0.25, 0.3) is 0 Å². The van der Waals surface area contributed by atoms with Crippen LogP contribution in [0, 0.1) is 0 Å². The number of hydrogen-bond acceptors (Lipinski definition) is 2. The van der Waals surface area contributed by atoms with Crippen LogP contribution in [0.25, 0.3) is 11.1 Å². The van der Waals surface area contributed by atoms with Gasteiger partial charge in [-0.1, -0.05) is 107 Å². The minimum atomic E-state index is 0.0661. The van der Waals surface area contributed by atoms with E-state index in [4.69, 9.17) is 9.47 Å². The van der Waals surface area contributed by atoms with Gasteiger partial charge in [-0.2, -0.15) is 0 Å². The Kier molecular flexibility index (Phi) is 9.92. The van der Waals surface area contributed by atoms with Crippen molar-refractivity contribution in [1.82, 2.24) is 0 Å². The average molecular weight is 409 g/mol. The summed E-state index contributed by atoms with van der Waals surface area (Å²) in [6.45, 7) is 5.91. The number of unbranched alkanes of at least 4 members (excludes halogenated alkanes) is 6. The van der Waals surface area contributed by atoms with Crippen LogP contribution in [-0.4, -0.2) is 19.3 Å². The molecule has 2 aromatic carbocycles. The van der Waals surface area contributed by atoms with Gasteiger partial charge in [-0.15, -0.1) is 0 Å². The Balaban J connectivity index is 1.46. The first-order valence-electron chi connectivity index (χ1n) is 12.2. The Morgan fingerprint density at radius 2 is 1.30 bits per heavy atom. The zero-order valence-corrected chi connectivity index (χ0v) is 19.1. The van der Waals surface area contributed by atoms with Crippen LogP contribution in [0.3, 0.4) is 0 Å². The predicted molar refractivity (Wildman–Crippen MR) is 127 cm³/mol. The molecule has 1 fully saturated rings. The monoisotopic (exact) mass is 408 g/mol. The van der Waals surface area contributed by atoms with Crippen LogP contribution >= 0.6 is 0 Å². The SMILES string of the molecule is CCCCCCc1ccc(-c2ccc([C@H]3CO[C@H](CCCCCC)CO3)cc2)cc1. The van der Waals surface area contributed by atoms with Gasteiger partial charge >= 0.3 is 0 Å². The highest BCUT2D eigenvalue weighted by Crippen LogP contribution is 2.28. The van der Waals surface area contributed by atoms with Crippen LogP contribution in [0.4, 0.5) is 0 Å². The zero-order valence-electron chi connectivity index (χ0n) is 19.1. The van der Waals surface area contributed by atoms with Crippen LogP contribution < -0.4 is 0 Å². The van der Waals surface area contributed by atoms with Crippen LogP contribution in [0.15, 0.2) is 48.5 Å². The van der Waals surface area contributed by atoms with Gasteiger partial charge in [-0.25, -0.2) is 0 Å². The molecule has 1 saturated heterocycles. The molecule has 0 spiro atoms. The molecule has 0 radical (unpaired) electrons. The molecule has 1 heterocycles. The van der Waals surface area contributed by atoms with Crippen molar-refractivity contribution >= 4 is 0 Å². The van der Waals surface area contributed by atoms with Crippen LogP contribution in [0.2, 0.25) is 0 Å². The first-order valence-corrected chi connectivity index (χ1v) is 12.2. The van der Waals surface area contributed by atoms with Gasteiger partial charge in [0, 0.05) is 0 Å². The van der Waals surface area contributed by atoms with Gasteiger partial charge < -0.3 is 9.47 Å². The van der Waals surface area contributed by atoms with Gasteiger partial charge in [0.15, 0.2) is 0 Å². The molecule has 2 atom stereocenters. The molecular weight excluding hydrogens is 368 g/mol. The summed E-state index contributed by atoms with van der Waals surface area (Å²) in [6, 6.07) is 17.9. The smallest absolute Gasteiger partial charge is 0.106 e. The summed E-state index contributed by atoms with van der Waals surface area (Å²) in [5, 5.41) is 0. The van der Waals surface area contributed by atoms with Crippen molar-refractivity contribution in [2.45, 2.75) is 90.3 Å². The number of rotatable bonds is 12. The molecule has 0 unspecified atom stereocenters. The molecule has 0 bridgehead atoms. The zero-order chi connectivity index (χ0) is 21.0. The summed E-state index contributed by atoms with van der Waals surface area (Å²) in [6.07, 6.45) is 13.1. The largest absolute Gasteiger partial charge is 0.373 e. The van der Waals surface area contributed by atoms with E-state index in [2.05, 4.69) is 62.4 Å². The van der Waals surface area contributed by atoms with Gasteiger partial charge in [0.1, 0.15) is 6.10 Å². The lowest BCUT2D eigenvalue weighted by atomic mass is 9.99. The fourth-order valence-corrected chi connectivity index (χ4v) is 4.21. The highest BCUT2D eigenvalue weighted by Gasteiger charge is 2.23. The molecule has 1 aliphatic rings. The minimum Gasteiger partial charge on any atom is -0.373 e. The first-order chi connectivity index (χ1) is 14.8. The fourth-order valence-electron chi connectivity index (χ4n) is 4.21. The number of benzene rings is 2. The molecule has 0 saturated carbocycles. The second-order valence-electron chi connectivity index (χ2n) is 8.76. The Morgan fingerprint density at radius 1 is 0.667 bits per heavy atom. The molecule has 0 aliphatic carbocycles. The van der Waals surface area contributed by atoms with E-state index in [-0.39, 0.29) is 12.2 Å². The van der Waals surface area contributed by atoms with Gasteiger partial charge in [0.2, 0.25) is 0 Å². The second-order valence-corrected chi connectivity index (χ2v) is 8.76. The number of hydrogen-bond donors (Lipinski definition) is 0. The Bertz CT molecular complexity index is 696. The van der Waals surface area contributed by atoms with Gasteiger partial charge in [-0.3, -0.25) is 0 Å². The van der Waals surface area contributed by atoms with Crippen LogP contribution in [0.1, 0.15) is 88.9 Å². The van der Waals surface area contributed by atoms with E-state index in [0.29, 0.717) is 6.61 Å². The highest BCUT2D eigenvalue weighted by molar-refractivity contribution is 5.64. The molecule has 0 amide bonds. The summed E-state index contributed by atoms with van der Waals surface area (Å²) < 4.78 is 12.2. The van der Waals surface area contributed by atoms with E-state index in [1.165, 1.54) is 80.0 Å². The molecule has 2 nitrogen and oxygen atoms in total.